The molecule has 1 aliphatic carbocycles. The Bertz CT molecular complexity index is 934. The second-order valence-corrected chi connectivity index (χ2v) is 10.0. The van der Waals surface area contributed by atoms with Crippen LogP contribution in [0.3, 0.4) is 0 Å². The Hall–Kier alpha value is -2.04. The Kier molecular flexibility index (Phi) is 10.9. The van der Waals surface area contributed by atoms with E-state index in [0.29, 0.717) is 11.5 Å². The summed E-state index contributed by atoms with van der Waals surface area (Å²) in [7, 11) is 0. The first-order valence-electron chi connectivity index (χ1n) is 13.6. The van der Waals surface area contributed by atoms with Crippen molar-refractivity contribution in [2.75, 3.05) is 6.61 Å². The highest BCUT2D eigenvalue weighted by Gasteiger charge is 2.27. The van der Waals surface area contributed by atoms with E-state index >= 15 is 8.78 Å². The second-order valence-electron chi connectivity index (χ2n) is 10.0. The normalized spacial score (nSPS) is 18.1. The molecular formula is C30H40F4O. The summed E-state index contributed by atoms with van der Waals surface area (Å²) in [6.07, 6.45) is 13.7. The van der Waals surface area contributed by atoms with Gasteiger partial charge in [0, 0.05) is 11.1 Å². The fraction of sp³-hybridized carbons (Fsp3) is 0.600. The summed E-state index contributed by atoms with van der Waals surface area (Å²) in [6.45, 7) is 4.60. The van der Waals surface area contributed by atoms with Gasteiger partial charge < -0.3 is 4.74 Å². The molecule has 2 aromatic carbocycles. The predicted molar refractivity (Wildman–Crippen MR) is 135 cm³/mol. The highest BCUT2D eigenvalue weighted by molar-refractivity contribution is 5.66. The summed E-state index contributed by atoms with van der Waals surface area (Å²) < 4.78 is 64.9. The molecule has 1 fully saturated rings. The van der Waals surface area contributed by atoms with E-state index in [1.54, 1.807) is 6.07 Å². The van der Waals surface area contributed by atoms with Crippen LogP contribution in [-0.4, -0.2) is 6.61 Å². The summed E-state index contributed by atoms with van der Waals surface area (Å²) in [6, 6.07) is 5.50. The van der Waals surface area contributed by atoms with Crippen LogP contribution in [0.2, 0.25) is 0 Å². The van der Waals surface area contributed by atoms with Gasteiger partial charge in [-0.2, -0.15) is 4.39 Å². The molecule has 2 aromatic rings. The van der Waals surface area contributed by atoms with Crippen LogP contribution in [0.1, 0.15) is 109 Å². The average Bonchev–Trinajstić information content (AvgIpc) is 2.86. The fourth-order valence-corrected chi connectivity index (χ4v) is 5.27. The topological polar surface area (TPSA) is 9.23 Å². The molecule has 1 aliphatic rings. The molecule has 0 N–H and O–H groups in total. The van der Waals surface area contributed by atoms with E-state index < -0.39 is 23.3 Å². The SMILES string of the molecule is CCCCCCCOc1ccc(-c2ccc(C3CCC(CCCCC)CC3)c(F)c2F)c(F)c1F. The maximum absolute atomic E-state index is 15.1. The van der Waals surface area contributed by atoms with E-state index in [2.05, 4.69) is 13.8 Å². The lowest BCUT2D eigenvalue weighted by atomic mass is 9.76. The minimum atomic E-state index is -1.22. The molecule has 5 heteroatoms. The maximum Gasteiger partial charge on any atom is 0.201 e. The quantitative estimate of drug-likeness (QED) is 0.200. The third-order valence-electron chi connectivity index (χ3n) is 7.46. The fourth-order valence-electron chi connectivity index (χ4n) is 5.27. The molecule has 0 heterocycles. The third kappa shape index (κ3) is 7.24. The molecule has 0 aromatic heterocycles. The van der Waals surface area contributed by atoms with Crippen LogP contribution in [0.15, 0.2) is 24.3 Å². The molecule has 0 unspecified atom stereocenters. The third-order valence-corrected chi connectivity index (χ3v) is 7.46. The summed E-state index contributed by atoms with van der Waals surface area (Å²) >= 11 is 0. The molecule has 0 radical (unpaired) electrons. The smallest absolute Gasteiger partial charge is 0.201 e. The molecule has 0 spiro atoms. The lowest BCUT2D eigenvalue weighted by Crippen LogP contribution is -2.15. The van der Waals surface area contributed by atoms with Crippen molar-refractivity contribution in [3.05, 3.63) is 53.1 Å². The van der Waals surface area contributed by atoms with Crippen molar-refractivity contribution < 1.29 is 22.3 Å². The molecule has 194 valence electrons. The first-order valence-corrected chi connectivity index (χ1v) is 13.6. The molecule has 35 heavy (non-hydrogen) atoms. The first kappa shape index (κ1) is 27.5. The van der Waals surface area contributed by atoms with E-state index in [0.717, 1.165) is 57.8 Å². The summed E-state index contributed by atoms with van der Waals surface area (Å²) in [5.74, 6) is -4.00. The Morgan fingerprint density at radius 2 is 1.26 bits per heavy atom. The van der Waals surface area contributed by atoms with Gasteiger partial charge in [0.1, 0.15) is 0 Å². The van der Waals surface area contributed by atoms with Gasteiger partial charge in [-0.3, -0.25) is 0 Å². The molecule has 0 amide bonds. The van der Waals surface area contributed by atoms with Gasteiger partial charge in [0.15, 0.2) is 23.2 Å². The van der Waals surface area contributed by atoms with Crippen molar-refractivity contribution >= 4 is 0 Å². The average molecular weight is 493 g/mol. The molecule has 0 aliphatic heterocycles. The predicted octanol–water partition coefficient (Wildman–Crippen LogP) is 10.1. The van der Waals surface area contributed by atoms with Crippen LogP contribution in [0.25, 0.3) is 11.1 Å². The van der Waals surface area contributed by atoms with Crippen LogP contribution in [0.5, 0.6) is 5.75 Å². The standard InChI is InChI=1S/C30H40F4O/c1-3-5-7-8-10-20-35-26-19-18-25(29(33)30(26)34)24-17-16-23(27(31)28(24)32)22-14-12-21(13-15-22)11-9-6-4-2/h16-19,21-22H,3-15,20H2,1-2H3. The highest BCUT2D eigenvalue weighted by atomic mass is 19.2. The van der Waals surface area contributed by atoms with Gasteiger partial charge in [-0.25, -0.2) is 13.2 Å². The Balaban J connectivity index is 1.66. The Morgan fingerprint density at radius 1 is 0.657 bits per heavy atom. The maximum atomic E-state index is 15.1. The van der Waals surface area contributed by atoms with Crippen LogP contribution in [-0.2, 0) is 0 Å². The van der Waals surface area contributed by atoms with E-state index in [1.165, 1.54) is 43.9 Å². The number of halogens is 4. The minimum absolute atomic E-state index is 0.0318. The van der Waals surface area contributed by atoms with Crippen molar-refractivity contribution in [3.63, 3.8) is 0 Å². The number of hydrogen-bond donors (Lipinski definition) is 0. The molecule has 0 saturated heterocycles. The van der Waals surface area contributed by atoms with Crippen LogP contribution in [0.4, 0.5) is 17.6 Å². The van der Waals surface area contributed by atoms with Crippen molar-refractivity contribution in [3.8, 4) is 16.9 Å². The first-order chi connectivity index (χ1) is 17.0. The van der Waals surface area contributed by atoms with E-state index in [1.807, 2.05) is 0 Å². The van der Waals surface area contributed by atoms with Crippen molar-refractivity contribution in [1.82, 2.24) is 0 Å². The van der Waals surface area contributed by atoms with Gasteiger partial charge in [-0.15, -0.1) is 0 Å². The zero-order chi connectivity index (χ0) is 25.2. The largest absolute Gasteiger partial charge is 0.490 e. The minimum Gasteiger partial charge on any atom is -0.490 e. The number of benzene rings is 2. The Labute approximate surface area is 208 Å². The molecule has 1 saturated carbocycles. The van der Waals surface area contributed by atoms with Gasteiger partial charge in [0.25, 0.3) is 0 Å². The van der Waals surface area contributed by atoms with E-state index in [4.69, 9.17) is 4.74 Å². The van der Waals surface area contributed by atoms with E-state index in [9.17, 15) is 8.78 Å². The zero-order valence-corrected chi connectivity index (χ0v) is 21.3. The molecule has 0 atom stereocenters. The summed E-state index contributed by atoms with van der Waals surface area (Å²) in [5, 5.41) is 0. The van der Waals surface area contributed by atoms with Gasteiger partial charge in [0.05, 0.1) is 6.61 Å². The molecule has 0 bridgehead atoms. The lowest BCUT2D eigenvalue weighted by molar-refractivity contribution is 0.285. The summed E-state index contributed by atoms with van der Waals surface area (Å²) in [5.41, 5.74) is -0.204. The van der Waals surface area contributed by atoms with Crippen LogP contribution in [0, 0.1) is 29.2 Å². The number of unbranched alkanes of at least 4 members (excludes halogenated alkanes) is 6. The van der Waals surface area contributed by atoms with Gasteiger partial charge in [0.2, 0.25) is 5.82 Å². The number of hydrogen-bond acceptors (Lipinski definition) is 1. The van der Waals surface area contributed by atoms with Gasteiger partial charge in [-0.05, 0) is 61.6 Å². The van der Waals surface area contributed by atoms with Crippen molar-refractivity contribution in [1.29, 1.82) is 0 Å². The van der Waals surface area contributed by atoms with Crippen LogP contribution >= 0.6 is 0 Å². The van der Waals surface area contributed by atoms with Crippen molar-refractivity contribution in [2.45, 2.75) is 103 Å². The van der Waals surface area contributed by atoms with Gasteiger partial charge >= 0.3 is 0 Å². The molecular weight excluding hydrogens is 452 g/mol. The molecule has 1 nitrogen and oxygen atoms in total. The second kappa shape index (κ2) is 13.9. The lowest BCUT2D eigenvalue weighted by Gasteiger charge is -2.29. The van der Waals surface area contributed by atoms with E-state index in [-0.39, 0.29) is 29.4 Å². The highest BCUT2D eigenvalue weighted by Crippen LogP contribution is 2.41. The monoisotopic (exact) mass is 492 g/mol. The Morgan fingerprint density at radius 3 is 1.94 bits per heavy atom. The number of rotatable bonds is 13. The zero-order valence-electron chi connectivity index (χ0n) is 21.3. The number of ether oxygens (including phenoxy) is 1. The van der Waals surface area contributed by atoms with Crippen molar-refractivity contribution in [2.24, 2.45) is 5.92 Å². The van der Waals surface area contributed by atoms with Gasteiger partial charge in [-0.1, -0.05) is 77.3 Å². The van der Waals surface area contributed by atoms with Crippen LogP contribution < -0.4 is 4.74 Å². The summed E-state index contributed by atoms with van der Waals surface area (Å²) in [4.78, 5) is 0. The molecule has 3 rings (SSSR count).